The number of carbonyl (C=O) groups is 3. The average molecular weight is 427 g/mol. The van der Waals surface area contributed by atoms with Gasteiger partial charge in [0.15, 0.2) is 0 Å². The Morgan fingerprint density at radius 3 is 2.39 bits per heavy atom. The van der Waals surface area contributed by atoms with Crippen LogP contribution in [0.3, 0.4) is 0 Å². The second-order valence-corrected chi connectivity index (χ2v) is 8.06. The molecule has 31 heavy (non-hydrogen) atoms. The van der Waals surface area contributed by atoms with Crippen molar-refractivity contribution in [1.82, 2.24) is 9.80 Å². The van der Waals surface area contributed by atoms with Gasteiger partial charge in [-0.15, -0.1) is 0 Å². The van der Waals surface area contributed by atoms with Crippen LogP contribution < -0.4 is 4.90 Å². The Labute approximate surface area is 185 Å². The van der Waals surface area contributed by atoms with Gasteiger partial charge in [-0.2, -0.15) is 5.26 Å². The van der Waals surface area contributed by atoms with Crippen molar-refractivity contribution in [2.45, 2.75) is 51.9 Å². The summed E-state index contributed by atoms with van der Waals surface area (Å²) < 4.78 is 0. The van der Waals surface area contributed by atoms with Crippen molar-refractivity contribution >= 4 is 23.4 Å². The van der Waals surface area contributed by atoms with Gasteiger partial charge in [-0.1, -0.05) is 31.5 Å². The quantitative estimate of drug-likeness (QED) is 0.575. The number of likely N-dealkylation sites (tertiary alicyclic amines) is 1. The Bertz CT molecular complexity index is 767. The van der Waals surface area contributed by atoms with E-state index in [1.807, 2.05) is 42.3 Å². The maximum atomic E-state index is 12.7. The molecule has 0 atom stereocenters. The molecule has 0 unspecified atom stereocenters. The molecule has 3 amide bonds. The lowest BCUT2D eigenvalue weighted by molar-refractivity contribution is -0.140. The van der Waals surface area contributed by atoms with E-state index < -0.39 is 0 Å². The number of hydrogen-bond acceptors (Lipinski definition) is 4. The number of hydrogen-bond donors (Lipinski definition) is 0. The fourth-order valence-corrected chi connectivity index (χ4v) is 3.87. The molecule has 0 aliphatic carbocycles. The normalized spacial score (nSPS) is 14.0. The van der Waals surface area contributed by atoms with Crippen LogP contribution in [-0.2, 0) is 14.4 Å². The lowest BCUT2D eigenvalue weighted by atomic mass is 9.95. The molecule has 7 nitrogen and oxygen atoms in total. The second-order valence-electron chi connectivity index (χ2n) is 8.06. The van der Waals surface area contributed by atoms with Crippen molar-refractivity contribution in [3.63, 3.8) is 0 Å². The summed E-state index contributed by atoms with van der Waals surface area (Å²) >= 11 is 0. The Morgan fingerprint density at radius 1 is 1.10 bits per heavy atom. The van der Waals surface area contributed by atoms with Crippen molar-refractivity contribution in [3.8, 4) is 6.07 Å². The van der Waals surface area contributed by atoms with Crippen LogP contribution in [0, 0.1) is 17.2 Å². The summed E-state index contributed by atoms with van der Waals surface area (Å²) in [5.74, 6) is -0.0527. The minimum absolute atomic E-state index is 0.0212. The third-order valence-corrected chi connectivity index (χ3v) is 5.79. The van der Waals surface area contributed by atoms with Gasteiger partial charge < -0.3 is 14.7 Å². The van der Waals surface area contributed by atoms with Gasteiger partial charge in [0, 0.05) is 57.7 Å². The molecule has 0 bridgehead atoms. The first-order valence-corrected chi connectivity index (χ1v) is 11.2. The molecule has 0 aromatic heterocycles. The zero-order valence-electron chi connectivity index (χ0n) is 18.8. The molecule has 1 aromatic rings. The smallest absolute Gasteiger partial charge is 0.227 e. The van der Waals surface area contributed by atoms with Crippen LogP contribution in [0.4, 0.5) is 5.69 Å². The summed E-state index contributed by atoms with van der Waals surface area (Å²) in [6, 6.07) is 11.3. The number of nitrogens with zero attached hydrogens (tertiary/aromatic N) is 4. The molecule has 1 fully saturated rings. The minimum Gasteiger partial charge on any atom is -0.346 e. The van der Waals surface area contributed by atoms with Crippen LogP contribution in [-0.4, -0.2) is 60.7 Å². The molecule has 7 heteroatoms. The first-order chi connectivity index (χ1) is 15.0. The van der Waals surface area contributed by atoms with E-state index in [4.69, 9.17) is 5.26 Å². The van der Waals surface area contributed by atoms with Gasteiger partial charge in [0.2, 0.25) is 17.7 Å². The van der Waals surface area contributed by atoms with Crippen molar-refractivity contribution in [2.24, 2.45) is 5.92 Å². The highest BCUT2D eigenvalue weighted by Crippen LogP contribution is 2.21. The summed E-state index contributed by atoms with van der Waals surface area (Å²) in [7, 11) is 1.85. The van der Waals surface area contributed by atoms with E-state index in [2.05, 4.69) is 13.0 Å². The topological polar surface area (TPSA) is 84.7 Å². The third kappa shape index (κ3) is 7.39. The fourth-order valence-electron chi connectivity index (χ4n) is 3.87. The summed E-state index contributed by atoms with van der Waals surface area (Å²) in [6.07, 6.45) is 3.90. The zero-order chi connectivity index (χ0) is 22.6. The Kier molecular flexibility index (Phi) is 10.0. The fraction of sp³-hybridized carbons (Fsp3) is 0.583. The Morgan fingerprint density at radius 2 is 1.77 bits per heavy atom. The van der Waals surface area contributed by atoms with Crippen LogP contribution in [0.5, 0.6) is 0 Å². The number of piperidine rings is 1. The molecular formula is C24H34N4O3. The van der Waals surface area contributed by atoms with Crippen molar-refractivity contribution in [3.05, 3.63) is 30.3 Å². The average Bonchev–Trinajstić information content (AvgIpc) is 2.81. The highest BCUT2D eigenvalue weighted by atomic mass is 16.2. The monoisotopic (exact) mass is 426 g/mol. The standard InChI is InChI=1S/C24H34N4O3/c1-3-4-16-26(2)24(31)20-13-18-27(19-14-20)22(29)11-12-23(30)28(17-8-15-25)21-9-6-5-7-10-21/h5-7,9-10,20H,3-4,8,11-14,16-19H2,1-2H3. The van der Waals surface area contributed by atoms with Gasteiger partial charge in [0.25, 0.3) is 0 Å². The van der Waals surface area contributed by atoms with Crippen LogP contribution in [0.1, 0.15) is 51.9 Å². The molecule has 1 aliphatic heterocycles. The molecule has 0 radical (unpaired) electrons. The first kappa shape index (κ1) is 24.4. The van der Waals surface area contributed by atoms with Crippen molar-refractivity contribution in [2.75, 3.05) is 38.1 Å². The lowest BCUT2D eigenvalue weighted by Gasteiger charge is -2.33. The number of amides is 3. The Balaban J connectivity index is 1.82. The van der Waals surface area contributed by atoms with Crippen LogP contribution in [0.25, 0.3) is 0 Å². The molecule has 0 spiro atoms. The van der Waals surface area contributed by atoms with E-state index in [9.17, 15) is 14.4 Å². The van der Waals surface area contributed by atoms with E-state index >= 15 is 0 Å². The number of para-hydroxylation sites is 1. The molecule has 1 aromatic carbocycles. The zero-order valence-corrected chi connectivity index (χ0v) is 18.8. The maximum Gasteiger partial charge on any atom is 0.227 e. The van der Waals surface area contributed by atoms with Gasteiger partial charge in [0.1, 0.15) is 0 Å². The Hall–Kier alpha value is -2.88. The van der Waals surface area contributed by atoms with Crippen molar-refractivity contribution in [1.29, 1.82) is 5.26 Å². The molecule has 168 valence electrons. The predicted molar refractivity (Wildman–Crippen MR) is 120 cm³/mol. The number of carbonyl (C=O) groups excluding carboxylic acids is 3. The van der Waals surface area contributed by atoms with Crippen LogP contribution >= 0.6 is 0 Å². The number of rotatable bonds is 10. The molecule has 1 aliphatic rings. The SMILES string of the molecule is CCCCN(C)C(=O)C1CCN(C(=O)CCC(=O)N(CCC#N)c2ccccc2)CC1. The lowest BCUT2D eigenvalue weighted by Crippen LogP contribution is -2.44. The van der Waals surface area contributed by atoms with Crippen LogP contribution in [0.2, 0.25) is 0 Å². The predicted octanol–water partition coefficient (Wildman–Crippen LogP) is 3.21. The van der Waals surface area contributed by atoms with E-state index in [1.165, 1.54) is 0 Å². The molecule has 0 saturated carbocycles. The van der Waals surface area contributed by atoms with E-state index in [1.54, 1.807) is 9.80 Å². The van der Waals surface area contributed by atoms with Gasteiger partial charge in [0.05, 0.1) is 12.5 Å². The van der Waals surface area contributed by atoms with Gasteiger partial charge in [-0.05, 0) is 31.4 Å². The minimum atomic E-state index is -0.155. The summed E-state index contributed by atoms with van der Waals surface area (Å²) in [4.78, 5) is 43.1. The highest BCUT2D eigenvalue weighted by molar-refractivity contribution is 5.95. The number of anilines is 1. The molecule has 2 rings (SSSR count). The van der Waals surface area contributed by atoms with E-state index in [0.29, 0.717) is 32.5 Å². The highest BCUT2D eigenvalue weighted by Gasteiger charge is 2.29. The summed E-state index contributed by atoms with van der Waals surface area (Å²) in [5.41, 5.74) is 0.738. The summed E-state index contributed by atoms with van der Waals surface area (Å²) in [5, 5.41) is 8.89. The molecular weight excluding hydrogens is 392 g/mol. The molecule has 1 heterocycles. The summed E-state index contributed by atoms with van der Waals surface area (Å²) in [6.45, 7) is 4.31. The second kappa shape index (κ2) is 12.7. The van der Waals surface area contributed by atoms with Gasteiger partial charge in [-0.25, -0.2) is 0 Å². The van der Waals surface area contributed by atoms with E-state index in [-0.39, 0.29) is 42.9 Å². The van der Waals surface area contributed by atoms with Gasteiger partial charge >= 0.3 is 0 Å². The molecule has 0 N–H and O–H groups in total. The van der Waals surface area contributed by atoms with E-state index in [0.717, 1.165) is 25.1 Å². The number of benzene rings is 1. The maximum absolute atomic E-state index is 12.7. The largest absolute Gasteiger partial charge is 0.346 e. The van der Waals surface area contributed by atoms with Crippen molar-refractivity contribution < 1.29 is 14.4 Å². The number of nitriles is 1. The molecule has 1 saturated heterocycles. The third-order valence-electron chi connectivity index (χ3n) is 5.79. The number of unbranched alkanes of at least 4 members (excludes halogenated alkanes) is 1. The van der Waals surface area contributed by atoms with Crippen LogP contribution in [0.15, 0.2) is 30.3 Å². The first-order valence-electron chi connectivity index (χ1n) is 11.2. The van der Waals surface area contributed by atoms with Gasteiger partial charge in [-0.3, -0.25) is 14.4 Å².